The molecule has 116 valence electrons. The Kier molecular flexibility index (Phi) is 4.13. The van der Waals surface area contributed by atoms with Crippen LogP contribution < -0.4 is 10.6 Å². The highest BCUT2D eigenvalue weighted by molar-refractivity contribution is 7.10. The lowest BCUT2D eigenvalue weighted by atomic mass is 9.96. The number of anilines is 1. The summed E-state index contributed by atoms with van der Waals surface area (Å²) >= 11 is 1.49. The van der Waals surface area contributed by atoms with Crippen molar-refractivity contribution in [2.45, 2.75) is 18.4 Å². The number of amides is 2. The first-order valence-electron chi connectivity index (χ1n) is 7.15. The predicted octanol–water partition coefficient (Wildman–Crippen LogP) is 3.31. The fourth-order valence-corrected chi connectivity index (χ4v) is 3.35. The van der Waals surface area contributed by atoms with Crippen LogP contribution >= 0.6 is 11.3 Å². The van der Waals surface area contributed by atoms with Crippen LogP contribution in [0.15, 0.2) is 41.8 Å². The Hall–Kier alpha value is -1.92. The van der Waals surface area contributed by atoms with Gasteiger partial charge >= 0.3 is 6.03 Å². The minimum absolute atomic E-state index is 0.158. The summed E-state index contributed by atoms with van der Waals surface area (Å²) in [5.41, 5.74) is -0.501. The van der Waals surface area contributed by atoms with Gasteiger partial charge in [0.2, 0.25) is 0 Å². The molecule has 0 aliphatic heterocycles. The zero-order chi connectivity index (χ0) is 15.6. The molecule has 0 bridgehead atoms. The van der Waals surface area contributed by atoms with Gasteiger partial charge in [0, 0.05) is 10.6 Å². The summed E-state index contributed by atoms with van der Waals surface area (Å²) in [4.78, 5) is 12.8. The van der Waals surface area contributed by atoms with Crippen LogP contribution in [0.1, 0.15) is 17.7 Å². The molecule has 22 heavy (non-hydrogen) atoms. The van der Waals surface area contributed by atoms with Gasteiger partial charge in [-0.25, -0.2) is 9.18 Å². The highest BCUT2D eigenvalue weighted by atomic mass is 32.1. The summed E-state index contributed by atoms with van der Waals surface area (Å²) < 4.78 is 12.8. The molecule has 1 aliphatic rings. The molecular formula is C16H17FN2O2S. The van der Waals surface area contributed by atoms with Crippen molar-refractivity contribution in [3.63, 3.8) is 0 Å². The summed E-state index contributed by atoms with van der Waals surface area (Å²) in [5.74, 6) is -0.163. The van der Waals surface area contributed by atoms with Crippen LogP contribution in [-0.4, -0.2) is 17.7 Å². The lowest BCUT2D eigenvalue weighted by Gasteiger charge is -2.27. The minimum Gasteiger partial charge on any atom is -0.382 e. The fraction of sp³-hybridized carbons (Fsp3) is 0.312. The van der Waals surface area contributed by atoms with Gasteiger partial charge in [0.25, 0.3) is 0 Å². The summed E-state index contributed by atoms with van der Waals surface area (Å²) in [6, 6.07) is 8.91. The average molecular weight is 320 g/mol. The number of thiophene rings is 1. The number of hydrogen-bond acceptors (Lipinski definition) is 3. The van der Waals surface area contributed by atoms with Crippen molar-refractivity contribution in [2.24, 2.45) is 5.92 Å². The van der Waals surface area contributed by atoms with E-state index in [0.29, 0.717) is 5.69 Å². The van der Waals surface area contributed by atoms with Crippen molar-refractivity contribution in [1.29, 1.82) is 0 Å². The second-order valence-electron chi connectivity index (χ2n) is 5.49. The van der Waals surface area contributed by atoms with Crippen LogP contribution in [0, 0.1) is 11.7 Å². The molecule has 1 heterocycles. The number of urea groups is 1. The maximum Gasteiger partial charge on any atom is 0.319 e. The summed E-state index contributed by atoms with van der Waals surface area (Å²) in [6.45, 7) is 0.158. The molecule has 2 amide bonds. The molecule has 4 nitrogen and oxygen atoms in total. The third-order valence-corrected chi connectivity index (χ3v) is 4.86. The number of rotatable bonds is 5. The monoisotopic (exact) mass is 320 g/mol. The highest BCUT2D eigenvalue weighted by Crippen LogP contribution is 2.46. The van der Waals surface area contributed by atoms with Gasteiger partial charge in [-0.15, -0.1) is 11.3 Å². The van der Waals surface area contributed by atoms with Crippen LogP contribution in [0.4, 0.5) is 14.9 Å². The Morgan fingerprint density at radius 2 is 2.05 bits per heavy atom. The Morgan fingerprint density at radius 1 is 1.32 bits per heavy atom. The van der Waals surface area contributed by atoms with E-state index < -0.39 is 11.6 Å². The maximum absolute atomic E-state index is 12.8. The van der Waals surface area contributed by atoms with Crippen molar-refractivity contribution >= 4 is 23.1 Å². The minimum atomic E-state index is -1.01. The first-order valence-corrected chi connectivity index (χ1v) is 8.03. The second kappa shape index (κ2) is 6.06. The SMILES string of the molecule is O=C(NCC(O)(c1cccs1)C1CC1)Nc1ccc(F)cc1. The number of nitrogens with one attached hydrogen (secondary N) is 2. The van der Waals surface area contributed by atoms with Crippen LogP contribution in [0.5, 0.6) is 0 Å². The predicted molar refractivity (Wildman–Crippen MR) is 84.4 cm³/mol. The van der Waals surface area contributed by atoms with Crippen molar-refractivity contribution in [1.82, 2.24) is 5.32 Å². The van der Waals surface area contributed by atoms with Gasteiger partial charge in [-0.2, -0.15) is 0 Å². The number of carbonyl (C=O) groups is 1. The molecule has 0 radical (unpaired) electrons. The third-order valence-electron chi connectivity index (χ3n) is 3.82. The van der Waals surface area contributed by atoms with Gasteiger partial charge in [-0.3, -0.25) is 0 Å². The number of carbonyl (C=O) groups excluding carboxylic acids is 1. The van der Waals surface area contributed by atoms with Crippen molar-refractivity contribution < 1.29 is 14.3 Å². The van der Waals surface area contributed by atoms with E-state index in [1.165, 1.54) is 35.6 Å². The van der Waals surface area contributed by atoms with Crippen LogP contribution in [0.25, 0.3) is 0 Å². The fourth-order valence-electron chi connectivity index (χ4n) is 2.44. The van der Waals surface area contributed by atoms with E-state index in [2.05, 4.69) is 10.6 Å². The summed E-state index contributed by atoms with van der Waals surface area (Å²) in [5, 5.41) is 18.1. The molecular weight excluding hydrogens is 303 g/mol. The molecule has 0 spiro atoms. The van der Waals surface area contributed by atoms with Gasteiger partial charge in [0.15, 0.2) is 0 Å². The lowest BCUT2D eigenvalue weighted by Crippen LogP contribution is -2.43. The van der Waals surface area contributed by atoms with E-state index in [-0.39, 0.29) is 18.3 Å². The van der Waals surface area contributed by atoms with Crippen molar-refractivity contribution in [3.05, 3.63) is 52.5 Å². The van der Waals surface area contributed by atoms with Crippen molar-refractivity contribution in [2.75, 3.05) is 11.9 Å². The lowest BCUT2D eigenvalue weighted by molar-refractivity contribution is 0.0200. The maximum atomic E-state index is 12.8. The van der Waals surface area contributed by atoms with Gasteiger partial charge in [0.1, 0.15) is 11.4 Å². The third kappa shape index (κ3) is 3.28. The standard InChI is InChI=1S/C16H17FN2O2S/c17-12-5-7-13(8-6-12)19-15(20)18-10-16(21,11-3-4-11)14-2-1-9-22-14/h1-2,5-9,11,21H,3-4,10H2,(H2,18,19,20). The molecule has 1 unspecified atom stereocenters. The highest BCUT2D eigenvalue weighted by Gasteiger charge is 2.45. The van der Waals surface area contributed by atoms with Crippen LogP contribution in [0.3, 0.4) is 0 Å². The van der Waals surface area contributed by atoms with Gasteiger partial charge < -0.3 is 15.7 Å². The molecule has 1 aromatic heterocycles. The Morgan fingerprint density at radius 3 is 2.64 bits per heavy atom. The Bertz CT molecular complexity index is 641. The quantitative estimate of drug-likeness (QED) is 0.791. The van der Waals surface area contributed by atoms with Crippen LogP contribution in [-0.2, 0) is 5.60 Å². The number of aliphatic hydroxyl groups is 1. The first kappa shape index (κ1) is 15.0. The molecule has 2 aromatic rings. The Balaban J connectivity index is 1.60. The molecule has 1 aromatic carbocycles. The molecule has 1 atom stereocenters. The normalized spacial score (nSPS) is 16.8. The van der Waals surface area contributed by atoms with Crippen molar-refractivity contribution in [3.8, 4) is 0 Å². The molecule has 3 rings (SSSR count). The Labute approximate surface area is 132 Å². The average Bonchev–Trinajstić information content (AvgIpc) is 3.22. The molecule has 3 N–H and O–H groups in total. The molecule has 1 saturated carbocycles. The number of hydrogen-bond donors (Lipinski definition) is 3. The van der Waals surface area contributed by atoms with E-state index in [0.717, 1.165) is 17.7 Å². The van der Waals surface area contributed by atoms with Gasteiger partial charge in [0.05, 0.1) is 6.54 Å². The number of halogens is 1. The molecule has 0 saturated heterocycles. The van der Waals surface area contributed by atoms with E-state index >= 15 is 0 Å². The number of benzene rings is 1. The van der Waals surface area contributed by atoms with Crippen LogP contribution in [0.2, 0.25) is 0 Å². The smallest absolute Gasteiger partial charge is 0.319 e. The molecule has 1 fully saturated rings. The summed E-state index contributed by atoms with van der Waals surface area (Å²) in [6.07, 6.45) is 1.94. The molecule has 1 aliphatic carbocycles. The summed E-state index contributed by atoms with van der Waals surface area (Å²) in [7, 11) is 0. The topological polar surface area (TPSA) is 61.4 Å². The van der Waals surface area contributed by atoms with Gasteiger partial charge in [-0.05, 0) is 54.5 Å². The zero-order valence-electron chi connectivity index (χ0n) is 11.9. The van der Waals surface area contributed by atoms with E-state index in [9.17, 15) is 14.3 Å². The zero-order valence-corrected chi connectivity index (χ0v) is 12.7. The van der Waals surface area contributed by atoms with Gasteiger partial charge in [-0.1, -0.05) is 6.07 Å². The second-order valence-corrected chi connectivity index (χ2v) is 6.44. The van der Waals surface area contributed by atoms with E-state index in [1.807, 2.05) is 17.5 Å². The largest absolute Gasteiger partial charge is 0.382 e. The van der Waals surface area contributed by atoms with E-state index in [1.54, 1.807) is 0 Å². The van der Waals surface area contributed by atoms with E-state index in [4.69, 9.17) is 0 Å². The molecule has 6 heteroatoms. The first-order chi connectivity index (χ1) is 10.6.